The lowest BCUT2D eigenvalue weighted by atomic mass is 9.86. The molecule has 88 valence electrons. The van der Waals surface area contributed by atoms with Gasteiger partial charge in [0.2, 0.25) is 0 Å². The molecule has 3 heteroatoms. The van der Waals surface area contributed by atoms with Crippen LogP contribution in [-0.2, 0) is 5.60 Å². The summed E-state index contributed by atoms with van der Waals surface area (Å²) in [6.07, 6.45) is 7.06. The third-order valence-corrected chi connectivity index (χ3v) is 3.61. The van der Waals surface area contributed by atoms with Crippen LogP contribution in [0.3, 0.4) is 0 Å². The predicted octanol–water partition coefficient (Wildman–Crippen LogP) is 3.01. The van der Waals surface area contributed by atoms with Gasteiger partial charge in [0.15, 0.2) is 0 Å². The summed E-state index contributed by atoms with van der Waals surface area (Å²) in [5, 5.41) is 10.6. The molecule has 0 bridgehead atoms. The van der Waals surface area contributed by atoms with Crippen LogP contribution in [0.5, 0.6) is 0 Å². The number of hydrogen-bond acceptors (Lipinski definition) is 2. The van der Waals surface area contributed by atoms with Crippen LogP contribution in [0.15, 0.2) is 18.5 Å². The van der Waals surface area contributed by atoms with E-state index in [-0.39, 0.29) is 5.82 Å². The van der Waals surface area contributed by atoms with Gasteiger partial charge in [-0.1, -0.05) is 13.3 Å². The Morgan fingerprint density at radius 1 is 1.44 bits per heavy atom. The maximum atomic E-state index is 13.6. The molecule has 1 fully saturated rings. The van der Waals surface area contributed by atoms with E-state index in [1.165, 1.54) is 6.20 Å². The monoisotopic (exact) mass is 223 g/mol. The largest absolute Gasteiger partial charge is 0.385 e. The third-order valence-electron chi connectivity index (χ3n) is 3.61. The minimum Gasteiger partial charge on any atom is -0.385 e. The molecule has 1 heterocycles. The van der Waals surface area contributed by atoms with Gasteiger partial charge in [0.1, 0.15) is 5.82 Å². The molecule has 2 rings (SSSR count). The number of halogens is 1. The van der Waals surface area contributed by atoms with Gasteiger partial charge in [0.05, 0.1) is 11.8 Å². The first kappa shape index (κ1) is 11.5. The van der Waals surface area contributed by atoms with Gasteiger partial charge in [-0.25, -0.2) is 4.39 Å². The minimum atomic E-state index is -0.988. The minimum absolute atomic E-state index is 0.389. The molecule has 2 nitrogen and oxygen atoms in total. The molecule has 0 saturated heterocycles. The number of hydrogen-bond donors (Lipinski definition) is 1. The van der Waals surface area contributed by atoms with Crippen molar-refractivity contribution in [2.45, 2.75) is 44.6 Å². The van der Waals surface area contributed by atoms with Crippen LogP contribution in [0.2, 0.25) is 0 Å². The van der Waals surface area contributed by atoms with Gasteiger partial charge in [0.25, 0.3) is 0 Å². The lowest BCUT2D eigenvalue weighted by Gasteiger charge is -2.27. The van der Waals surface area contributed by atoms with Crippen molar-refractivity contribution in [3.05, 3.63) is 29.8 Å². The van der Waals surface area contributed by atoms with E-state index in [0.717, 1.165) is 19.3 Å². The molecular weight excluding hydrogens is 205 g/mol. The summed E-state index contributed by atoms with van der Waals surface area (Å²) in [6, 6.07) is 1.60. The first-order valence-corrected chi connectivity index (χ1v) is 5.94. The molecule has 1 aliphatic rings. The van der Waals surface area contributed by atoms with Gasteiger partial charge in [-0.05, 0) is 37.7 Å². The van der Waals surface area contributed by atoms with E-state index in [2.05, 4.69) is 11.9 Å². The number of rotatable bonds is 1. The standard InChI is InChI=1S/C13H18FNO/c1-10-3-2-6-13(16,7-4-10)11-5-8-15-9-12(11)14/h5,8-10,16H,2-4,6-7H2,1H3. The summed E-state index contributed by atoms with van der Waals surface area (Å²) in [5.74, 6) is 0.235. The maximum Gasteiger partial charge on any atom is 0.147 e. The molecule has 0 amide bonds. The molecule has 0 spiro atoms. The molecule has 0 radical (unpaired) electrons. The maximum absolute atomic E-state index is 13.6. The van der Waals surface area contributed by atoms with Gasteiger partial charge >= 0.3 is 0 Å². The van der Waals surface area contributed by atoms with Crippen LogP contribution in [0, 0.1) is 11.7 Å². The van der Waals surface area contributed by atoms with Gasteiger partial charge in [-0.3, -0.25) is 4.98 Å². The highest BCUT2D eigenvalue weighted by atomic mass is 19.1. The second-order valence-electron chi connectivity index (χ2n) is 4.92. The molecule has 0 aromatic carbocycles. The Morgan fingerprint density at radius 3 is 3.00 bits per heavy atom. The van der Waals surface area contributed by atoms with Crippen molar-refractivity contribution in [1.82, 2.24) is 4.98 Å². The van der Waals surface area contributed by atoms with E-state index in [9.17, 15) is 9.50 Å². The highest BCUT2D eigenvalue weighted by molar-refractivity contribution is 5.21. The van der Waals surface area contributed by atoms with Crippen LogP contribution in [-0.4, -0.2) is 10.1 Å². The molecule has 1 aliphatic carbocycles. The quantitative estimate of drug-likeness (QED) is 0.742. The first-order chi connectivity index (χ1) is 7.62. The SMILES string of the molecule is CC1CCCC(O)(c2ccncc2F)CC1. The topological polar surface area (TPSA) is 33.1 Å². The number of pyridine rings is 1. The van der Waals surface area contributed by atoms with Crippen molar-refractivity contribution in [2.75, 3.05) is 0 Å². The Morgan fingerprint density at radius 2 is 2.25 bits per heavy atom. The summed E-state index contributed by atoms with van der Waals surface area (Å²) in [6.45, 7) is 2.19. The van der Waals surface area contributed by atoms with Gasteiger partial charge < -0.3 is 5.11 Å². The van der Waals surface area contributed by atoms with E-state index in [4.69, 9.17) is 0 Å². The van der Waals surface area contributed by atoms with Crippen molar-refractivity contribution >= 4 is 0 Å². The van der Waals surface area contributed by atoms with Crippen LogP contribution in [0.1, 0.15) is 44.6 Å². The second kappa shape index (κ2) is 4.50. The average Bonchev–Trinajstić information content (AvgIpc) is 2.43. The molecule has 1 N–H and O–H groups in total. The Labute approximate surface area is 95.5 Å². The number of aromatic nitrogens is 1. The first-order valence-electron chi connectivity index (χ1n) is 5.94. The Kier molecular flexibility index (Phi) is 3.24. The molecule has 16 heavy (non-hydrogen) atoms. The van der Waals surface area contributed by atoms with Gasteiger partial charge in [-0.15, -0.1) is 0 Å². The van der Waals surface area contributed by atoms with Crippen molar-refractivity contribution < 1.29 is 9.50 Å². The van der Waals surface area contributed by atoms with E-state index in [1.807, 2.05) is 0 Å². The number of nitrogens with zero attached hydrogens (tertiary/aromatic N) is 1. The highest BCUT2D eigenvalue weighted by Crippen LogP contribution is 2.38. The summed E-state index contributed by atoms with van der Waals surface area (Å²) in [7, 11) is 0. The van der Waals surface area contributed by atoms with E-state index in [1.54, 1.807) is 12.3 Å². The zero-order valence-corrected chi connectivity index (χ0v) is 9.62. The van der Waals surface area contributed by atoms with Crippen LogP contribution in [0.25, 0.3) is 0 Å². The number of aliphatic hydroxyl groups is 1. The predicted molar refractivity (Wildman–Crippen MR) is 60.3 cm³/mol. The molecule has 1 aromatic heterocycles. The summed E-state index contributed by atoms with van der Waals surface area (Å²) in [4.78, 5) is 3.72. The van der Waals surface area contributed by atoms with Crippen molar-refractivity contribution in [1.29, 1.82) is 0 Å². The van der Waals surface area contributed by atoms with E-state index >= 15 is 0 Å². The molecule has 1 saturated carbocycles. The van der Waals surface area contributed by atoms with Crippen LogP contribution in [0.4, 0.5) is 4.39 Å². The van der Waals surface area contributed by atoms with Crippen molar-refractivity contribution in [3.8, 4) is 0 Å². The third kappa shape index (κ3) is 2.24. The lowest BCUT2D eigenvalue weighted by molar-refractivity contribution is 0.0163. The zero-order chi connectivity index (χ0) is 11.6. The molecule has 0 aliphatic heterocycles. The molecular formula is C13H18FNO. The summed E-state index contributed by atoms with van der Waals surface area (Å²) in [5.41, 5.74) is -0.575. The second-order valence-corrected chi connectivity index (χ2v) is 4.92. The normalized spacial score (nSPS) is 31.1. The fraction of sp³-hybridized carbons (Fsp3) is 0.615. The molecule has 2 atom stereocenters. The molecule has 2 unspecified atom stereocenters. The lowest BCUT2D eigenvalue weighted by Crippen LogP contribution is -2.26. The van der Waals surface area contributed by atoms with Gasteiger partial charge in [-0.2, -0.15) is 0 Å². The smallest absolute Gasteiger partial charge is 0.147 e. The summed E-state index contributed by atoms with van der Waals surface area (Å²) < 4.78 is 13.6. The van der Waals surface area contributed by atoms with Crippen LogP contribution < -0.4 is 0 Å². The zero-order valence-electron chi connectivity index (χ0n) is 9.62. The summed E-state index contributed by atoms with van der Waals surface area (Å²) >= 11 is 0. The highest BCUT2D eigenvalue weighted by Gasteiger charge is 2.33. The van der Waals surface area contributed by atoms with E-state index < -0.39 is 5.60 Å². The van der Waals surface area contributed by atoms with E-state index in [0.29, 0.717) is 24.3 Å². The Hall–Kier alpha value is -0.960. The molecule has 1 aromatic rings. The van der Waals surface area contributed by atoms with Gasteiger partial charge in [0, 0.05) is 11.8 Å². The van der Waals surface area contributed by atoms with Crippen molar-refractivity contribution in [2.24, 2.45) is 5.92 Å². The fourth-order valence-corrected chi connectivity index (χ4v) is 2.52. The van der Waals surface area contributed by atoms with Crippen LogP contribution >= 0.6 is 0 Å². The Balaban J connectivity index is 2.27. The fourth-order valence-electron chi connectivity index (χ4n) is 2.52. The average molecular weight is 223 g/mol. The van der Waals surface area contributed by atoms with Crippen molar-refractivity contribution in [3.63, 3.8) is 0 Å². The Bertz CT molecular complexity index is 369.